The molecule has 11 heteroatoms. The number of hydrogen-bond acceptors (Lipinski definition) is 7. The lowest BCUT2D eigenvalue weighted by Crippen LogP contribution is -2.29. The van der Waals surface area contributed by atoms with Crippen LogP contribution in [0.1, 0.15) is 15.9 Å². The highest BCUT2D eigenvalue weighted by molar-refractivity contribution is 6.06. The van der Waals surface area contributed by atoms with E-state index in [1.807, 2.05) is 0 Å². The van der Waals surface area contributed by atoms with E-state index < -0.39 is 23.1 Å². The molecule has 0 atom stereocenters. The molecule has 1 N–H and O–H groups in total. The molecule has 0 aliphatic carbocycles. The fourth-order valence-electron chi connectivity index (χ4n) is 4.76. The lowest BCUT2D eigenvalue weighted by atomic mass is 10.1. The van der Waals surface area contributed by atoms with Crippen molar-refractivity contribution in [2.45, 2.75) is 6.42 Å². The minimum absolute atomic E-state index is 0.0965. The van der Waals surface area contributed by atoms with Crippen molar-refractivity contribution in [1.82, 2.24) is 9.55 Å². The van der Waals surface area contributed by atoms with Gasteiger partial charge in [-0.1, -0.05) is 0 Å². The fraction of sp³-hybridized carbons (Fsp3) is 0.129. The minimum atomic E-state index is -0.774. The van der Waals surface area contributed by atoms with Crippen molar-refractivity contribution in [1.29, 1.82) is 0 Å². The summed E-state index contributed by atoms with van der Waals surface area (Å²) >= 11 is 0. The zero-order chi connectivity index (χ0) is 29.4. The van der Waals surface area contributed by atoms with E-state index >= 15 is 4.39 Å². The quantitative estimate of drug-likeness (QED) is 0.269. The van der Waals surface area contributed by atoms with Crippen LogP contribution in [-0.4, -0.2) is 36.3 Å². The monoisotopic (exact) mass is 571 g/mol. The second-order valence-corrected chi connectivity index (χ2v) is 9.34. The third kappa shape index (κ3) is 4.85. The van der Waals surface area contributed by atoms with Crippen LogP contribution in [0.3, 0.4) is 0 Å². The predicted molar refractivity (Wildman–Crippen MR) is 150 cm³/mol. The van der Waals surface area contributed by atoms with Crippen molar-refractivity contribution < 1.29 is 32.5 Å². The number of carbonyl (C=O) groups excluding carboxylic acids is 1. The number of halogens is 2. The Hall–Kier alpha value is -5.45. The zero-order valence-electron chi connectivity index (χ0n) is 22.4. The van der Waals surface area contributed by atoms with Gasteiger partial charge in [-0.15, -0.1) is 0 Å². The molecule has 0 bridgehead atoms. The minimum Gasteiger partial charge on any atom is -0.493 e. The van der Waals surface area contributed by atoms with E-state index in [1.165, 1.54) is 61.4 Å². The van der Waals surface area contributed by atoms with Gasteiger partial charge in [0.25, 0.3) is 11.5 Å². The number of methoxy groups -OCH3 is 2. The first-order chi connectivity index (χ1) is 20.4. The van der Waals surface area contributed by atoms with Crippen LogP contribution in [0.2, 0.25) is 0 Å². The molecule has 0 unspecified atom stereocenters. The van der Waals surface area contributed by atoms with Crippen LogP contribution in [0.25, 0.3) is 16.6 Å². The maximum atomic E-state index is 15.2. The number of amides is 1. The molecule has 1 aliphatic heterocycles. The van der Waals surface area contributed by atoms with Gasteiger partial charge < -0.3 is 24.3 Å². The Labute approximate surface area is 237 Å². The Morgan fingerprint density at radius 3 is 2.45 bits per heavy atom. The van der Waals surface area contributed by atoms with Crippen LogP contribution >= 0.6 is 0 Å². The first kappa shape index (κ1) is 26.8. The molecule has 9 nitrogen and oxygen atoms in total. The third-order valence-corrected chi connectivity index (χ3v) is 6.80. The highest BCUT2D eigenvalue weighted by atomic mass is 19.1. The van der Waals surface area contributed by atoms with Gasteiger partial charge in [-0.2, -0.15) is 0 Å². The summed E-state index contributed by atoms with van der Waals surface area (Å²) in [6.45, 7) is 0.297. The van der Waals surface area contributed by atoms with Gasteiger partial charge in [0.2, 0.25) is 0 Å². The lowest BCUT2D eigenvalue weighted by molar-refractivity contribution is 0.102. The van der Waals surface area contributed by atoms with Crippen molar-refractivity contribution in [3.63, 3.8) is 0 Å². The molecule has 212 valence electrons. The van der Waals surface area contributed by atoms with E-state index in [2.05, 4.69) is 10.3 Å². The summed E-state index contributed by atoms with van der Waals surface area (Å²) in [5, 5.41) is 3.15. The zero-order valence-corrected chi connectivity index (χ0v) is 22.4. The van der Waals surface area contributed by atoms with Crippen LogP contribution in [0.15, 0.2) is 77.9 Å². The summed E-state index contributed by atoms with van der Waals surface area (Å²) in [5.41, 5.74) is 0.798. The summed E-state index contributed by atoms with van der Waals surface area (Å²) in [6.07, 6.45) is 3.59. The van der Waals surface area contributed by atoms with Crippen molar-refractivity contribution in [2.75, 3.05) is 26.1 Å². The van der Waals surface area contributed by atoms with E-state index in [9.17, 15) is 14.0 Å². The van der Waals surface area contributed by atoms with Gasteiger partial charge in [-0.25, -0.2) is 8.78 Å². The maximum Gasteiger partial charge on any atom is 0.271 e. The average molecular weight is 572 g/mol. The molecule has 3 heterocycles. The number of pyridine rings is 2. The van der Waals surface area contributed by atoms with Gasteiger partial charge in [0.05, 0.1) is 26.3 Å². The molecule has 42 heavy (non-hydrogen) atoms. The second kappa shape index (κ2) is 10.8. The first-order valence-corrected chi connectivity index (χ1v) is 12.8. The number of rotatable bonds is 7. The maximum absolute atomic E-state index is 15.2. The summed E-state index contributed by atoms with van der Waals surface area (Å²) in [7, 11) is 3.01. The van der Waals surface area contributed by atoms with Crippen molar-refractivity contribution in [2.24, 2.45) is 0 Å². The summed E-state index contributed by atoms with van der Waals surface area (Å²) in [5.74, 6) is -0.641. The van der Waals surface area contributed by atoms with Crippen LogP contribution in [0.4, 0.5) is 14.5 Å². The van der Waals surface area contributed by atoms with Crippen molar-refractivity contribution in [3.8, 4) is 34.4 Å². The van der Waals surface area contributed by atoms with Crippen LogP contribution < -0.4 is 29.8 Å². The Morgan fingerprint density at radius 2 is 1.71 bits per heavy atom. The van der Waals surface area contributed by atoms with Crippen LogP contribution in [-0.2, 0) is 6.42 Å². The molecular weight excluding hydrogens is 548 g/mol. The van der Waals surface area contributed by atoms with E-state index in [0.717, 1.165) is 6.07 Å². The molecule has 0 spiro atoms. The largest absolute Gasteiger partial charge is 0.493 e. The molecule has 0 fully saturated rings. The van der Waals surface area contributed by atoms with Gasteiger partial charge in [0, 0.05) is 53.3 Å². The Morgan fingerprint density at radius 1 is 0.952 bits per heavy atom. The fourth-order valence-corrected chi connectivity index (χ4v) is 4.76. The number of carbonyl (C=O) groups is 1. The highest BCUT2D eigenvalue weighted by Gasteiger charge is 2.27. The standard InChI is InChI=1S/C31H23F2N3O6/c1-39-26-14-21-23(15-27(26)40-2)34-11-9-24(21)42-25-8-5-19(13-22(25)33)35-30(37)28-29-17(10-12-41-29)16-36(31(28)38)20-6-3-18(32)4-7-20/h3-9,11,13-16H,10,12H2,1-2H3,(H,35,37). The molecule has 2 aromatic heterocycles. The average Bonchev–Trinajstić information content (AvgIpc) is 3.46. The summed E-state index contributed by atoms with van der Waals surface area (Å²) < 4.78 is 52.1. The molecule has 6 rings (SSSR count). The summed E-state index contributed by atoms with van der Waals surface area (Å²) in [6, 6.07) is 14.2. The number of nitrogens with zero attached hydrogens (tertiary/aromatic N) is 2. The van der Waals surface area contributed by atoms with Gasteiger partial charge in [-0.3, -0.25) is 19.1 Å². The smallest absolute Gasteiger partial charge is 0.271 e. The molecular formula is C31H23F2N3O6. The SMILES string of the molecule is COc1cc2nccc(Oc3ccc(NC(=O)c4c5c(cn(-c6ccc(F)cc6)c4=O)CCO5)cc3F)c2cc1OC. The molecule has 1 aliphatic rings. The van der Waals surface area contributed by atoms with E-state index in [0.29, 0.717) is 52.4 Å². The number of ether oxygens (including phenoxy) is 4. The lowest BCUT2D eigenvalue weighted by Gasteiger charge is -2.14. The number of aromatic nitrogens is 2. The van der Waals surface area contributed by atoms with Gasteiger partial charge in [0.1, 0.15) is 22.9 Å². The molecule has 0 saturated heterocycles. The molecule has 1 amide bonds. The van der Waals surface area contributed by atoms with Crippen LogP contribution in [0, 0.1) is 11.6 Å². The molecule has 0 radical (unpaired) electrons. The van der Waals surface area contributed by atoms with E-state index in [4.69, 9.17) is 18.9 Å². The molecule has 3 aromatic carbocycles. The Bertz CT molecular complexity index is 1910. The highest BCUT2D eigenvalue weighted by Crippen LogP contribution is 2.38. The third-order valence-electron chi connectivity index (χ3n) is 6.80. The van der Waals surface area contributed by atoms with E-state index in [-0.39, 0.29) is 22.7 Å². The topological polar surface area (TPSA) is 101 Å². The van der Waals surface area contributed by atoms with Crippen LogP contribution in [0.5, 0.6) is 28.7 Å². The number of nitrogens with one attached hydrogen (secondary N) is 1. The van der Waals surface area contributed by atoms with Gasteiger partial charge in [0.15, 0.2) is 23.1 Å². The molecule has 5 aromatic rings. The normalized spacial score (nSPS) is 12.0. The van der Waals surface area contributed by atoms with E-state index in [1.54, 1.807) is 24.4 Å². The summed E-state index contributed by atoms with van der Waals surface area (Å²) in [4.78, 5) is 31.0. The predicted octanol–water partition coefficient (Wildman–Crippen LogP) is 5.66. The number of benzene rings is 3. The number of fused-ring (bicyclic) bond motifs is 2. The second-order valence-electron chi connectivity index (χ2n) is 9.34. The van der Waals surface area contributed by atoms with Gasteiger partial charge in [-0.05, 0) is 48.5 Å². The Kier molecular flexibility index (Phi) is 6.91. The Balaban J connectivity index is 1.29. The van der Waals surface area contributed by atoms with Crippen molar-refractivity contribution in [3.05, 3.63) is 106 Å². The first-order valence-electron chi connectivity index (χ1n) is 12.8. The number of hydrogen-bond donors (Lipinski definition) is 1. The molecule has 0 saturated carbocycles. The van der Waals surface area contributed by atoms with Gasteiger partial charge >= 0.3 is 0 Å². The number of anilines is 1. The van der Waals surface area contributed by atoms with Crippen molar-refractivity contribution >= 4 is 22.5 Å².